The SMILES string of the molecule is Cc1ccccc1NC(=O)Cn1nnc(-c2ccc(CN3CCCC[C@@H]3C)cc2)n1. The molecule has 0 saturated carbocycles. The van der Waals surface area contributed by atoms with E-state index in [1.807, 2.05) is 43.3 Å². The molecule has 0 radical (unpaired) electrons. The Balaban J connectivity index is 1.36. The highest BCUT2D eigenvalue weighted by atomic mass is 16.2. The van der Waals surface area contributed by atoms with E-state index in [9.17, 15) is 4.79 Å². The van der Waals surface area contributed by atoms with Crippen molar-refractivity contribution in [1.82, 2.24) is 25.1 Å². The summed E-state index contributed by atoms with van der Waals surface area (Å²) in [6, 6.07) is 16.6. The maximum atomic E-state index is 12.3. The van der Waals surface area contributed by atoms with Gasteiger partial charge in [0, 0.05) is 23.8 Å². The normalized spacial score (nSPS) is 17.1. The monoisotopic (exact) mass is 404 g/mol. The van der Waals surface area contributed by atoms with E-state index in [2.05, 4.69) is 44.7 Å². The summed E-state index contributed by atoms with van der Waals surface area (Å²) in [4.78, 5) is 16.2. The van der Waals surface area contributed by atoms with Crippen LogP contribution >= 0.6 is 0 Å². The molecule has 7 heteroatoms. The van der Waals surface area contributed by atoms with Crippen molar-refractivity contribution in [1.29, 1.82) is 0 Å². The molecule has 30 heavy (non-hydrogen) atoms. The largest absolute Gasteiger partial charge is 0.324 e. The van der Waals surface area contributed by atoms with Gasteiger partial charge in [0.1, 0.15) is 6.54 Å². The second kappa shape index (κ2) is 9.17. The third-order valence-corrected chi connectivity index (χ3v) is 5.70. The highest BCUT2D eigenvalue weighted by Crippen LogP contribution is 2.21. The Morgan fingerprint density at radius 1 is 1.13 bits per heavy atom. The molecule has 1 atom stereocenters. The average molecular weight is 405 g/mol. The van der Waals surface area contributed by atoms with Crippen LogP contribution in [0.15, 0.2) is 48.5 Å². The van der Waals surface area contributed by atoms with E-state index in [1.54, 1.807) is 0 Å². The minimum Gasteiger partial charge on any atom is -0.324 e. The molecule has 1 aliphatic rings. The van der Waals surface area contributed by atoms with Crippen molar-refractivity contribution in [3.8, 4) is 11.4 Å². The number of hydrogen-bond donors (Lipinski definition) is 1. The fourth-order valence-corrected chi connectivity index (χ4v) is 3.84. The van der Waals surface area contributed by atoms with Crippen molar-refractivity contribution in [2.45, 2.75) is 52.2 Å². The van der Waals surface area contributed by atoms with Gasteiger partial charge in [-0.15, -0.1) is 10.2 Å². The van der Waals surface area contributed by atoms with Gasteiger partial charge in [-0.3, -0.25) is 9.69 Å². The minimum atomic E-state index is -0.181. The Bertz CT molecular complexity index is 997. The second-order valence-corrected chi connectivity index (χ2v) is 8.02. The van der Waals surface area contributed by atoms with Crippen molar-refractivity contribution in [3.63, 3.8) is 0 Å². The molecule has 2 aromatic carbocycles. The third-order valence-electron chi connectivity index (χ3n) is 5.70. The summed E-state index contributed by atoms with van der Waals surface area (Å²) < 4.78 is 0. The summed E-state index contributed by atoms with van der Waals surface area (Å²) in [6.07, 6.45) is 3.90. The van der Waals surface area contributed by atoms with Crippen LogP contribution in [0, 0.1) is 6.92 Å². The van der Waals surface area contributed by atoms with Crippen molar-refractivity contribution >= 4 is 11.6 Å². The summed E-state index contributed by atoms with van der Waals surface area (Å²) in [6.45, 7) is 6.43. The molecule has 1 saturated heterocycles. The van der Waals surface area contributed by atoms with E-state index in [0.29, 0.717) is 11.9 Å². The topological polar surface area (TPSA) is 75.9 Å². The lowest BCUT2D eigenvalue weighted by molar-refractivity contribution is -0.117. The Kier molecular flexibility index (Phi) is 6.18. The number of hydrogen-bond acceptors (Lipinski definition) is 5. The van der Waals surface area contributed by atoms with Crippen molar-refractivity contribution in [3.05, 3.63) is 59.7 Å². The van der Waals surface area contributed by atoms with E-state index in [-0.39, 0.29) is 12.5 Å². The predicted molar refractivity (Wildman–Crippen MR) is 117 cm³/mol. The molecule has 1 N–H and O–H groups in total. The molecule has 7 nitrogen and oxygen atoms in total. The van der Waals surface area contributed by atoms with Gasteiger partial charge in [0.25, 0.3) is 0 Å². The standard InChI is InChI=1S/C23H28N6O/c1-17-7-3-4-9-21(17)24-22(30)16-29-26-23(25-27-29)20-12-10-19(11-13-20)15-28-14-6-5-8-18(28)2/h3-4,7,9-13,18H,5-6,8,14-16H2,1-2H3,(H,24,30)/t18-/m0/s1. The smallest absolute Gasteiger partial charge is 0.248 e. The van der Waals surface area contributed by atoms with E-state index >= 15 is 0 Å². The van der Waals surface area contributed by atoms with Crippen LogP contribution in [0.3, 0.4) is 0 Å². The minimum absolute atomic E-state index is 0.0201. The van der Waals surface area contributed by atoms with Crippen LogP contribution in [0.5, 0.6) is 0 Å². The molecule has 0 spiro atoms. The molecular formula is C23H28N6O. The maximum absolute atomic E-state index is 12.3. The number of carbonyl (C=O) groups is 1. The summed E-state index contributed by atoms with van der Waals surface area (Å²) in [5, 5.41) is 15.4. The summed E-state index contributed by atoms with van der Waals surface area (Å²) in [5.74, 6) is 0.343. The molecule has 1 aliphatic heterocycles. The zero-order chi connectivity index (χ0) is 20.9. The fourth-order valence-electron chi connectivity index (χ4n) is 3.84. The number of benzene rings is 2. The molecule has 0 bridgehead atoms. The lowest BCUT2D eigenvalue weighted by Crippen LogP contribution is -2.36. The Labute approximate surface area is 177 Å². The summed E-state index contributed by atoms with van der Waals surface area (Å²) in [7, 11) is 0. The Morgan fingerprint density at radius 3 is 2.70 bits per heavy atom. The second-order valence-electron chi connectivity index (χ2n) is 8.02. The number of nitrogens with one attached hydrogen (secondary N) is 1. The van der Waals surface area contributed by atoms with Gasteiger partial charge in [0.15, 0.2) is 0 Å². The molecule has 156 valence electrons. The first-order valence-corrected chi connectivity index (χ1v) is 10.5. The fraction of sp³-hybridized carbons (Fsp3) is 0.391. The zero-order valence-corrected chi connectivity index (χ0v) is 17.6. The van der Waals surface area contributed by atoms with Crippen LogP contribution in [0.1, 0.15) is 37.3 Å². The molecule has 1 aromatic heterocycles. The van der Waals surface area contributed by atoms with Crippen LogP contribution in [0.25, 0.3) is 11.4 Å². The van der Waals surface area contributed by atoms with Crippen molar-refractivity contribution < 1.29 is 4.79 Å². The number of tetrazole rings is 1. The Hall–Kier alpha value is -3.06. The van der Waals surface area contributed by atoms with Gasteiger partial charge in [0.2, 0.25) is 11.7 Å². The zero-order valence-electron chi connectivity index (χ0n) is 17.6. The van der Waals surface area contributed by atoms with Gasteiger partial charge in [-0.05, 0) is 55.6 Å². The molecule has 1 amide bonds. The predicted octanol–water partition coefficient (Wildman–Crippen LogP) is 3.66. The van der Waals surface area contributed by atoms with Gasteiger partial charge < -0.3 is 5.32 Å². The van der Waals surface area contributed by atoms with Crippen molar-refractivity contribution in [2.24, 2.45) is 0 Å². The van der Waals surface area contributed by atoms with Gasteiger partial charge in [-0.2, -0.15) is 4.80 Å². The molecule has 0 unspecified atom stereocenters. The van der Waals surface area contributed by atoms with Gasteiger partial charge in [0.05, 0.1) is 0 Å². The number of amides is 1. The van der Waals surface area contributed by atoms with E-state index in [4.69, 9.17) is 0 Å². The average Bonchev–Trinajstić information content (AvgIpc) is 3.20. The maximum Gasteiger partial charge on any atom is 0.248 e. The number of anilines is 1. The van der Waals surface area contributed by atoms with E-state index in [0.717, 1.165) is 23.4 Å². The first kappa shape index (κ1) is 20.2. The Morgan fingerprint density at radius 2 is 1.93 bits per heavy atom. The van der Waals surface area contributed by atoms with Crippen LogP contribution in [-0.2, 0) is 17.9 Å². The molecule has 3 aromatic rings. The van der Waals surface area contributed by atoms with Crippen LogP contribution < -0.4 is 5.32 Å². The van der Waals surface area contributed by atoms with Crippen molar-refractivity contribution in [2.75, 3.05) is 11.9 Å². The first-order chi connectivity index (χ1) is 14.6. The van der Waals surface area contributed by atoms with E-state index < -0.39 is 0 Å². The number of aromatic nitrogens is 4. The molecular weight excluding hydrogens is 376 g/mol. The lowest BCUT2D eigenvalue weighted by Gasteiger charge is -2.33. The number of aryl methyl sites for hydroxylation is 1. The lowest BCUT2D eigenvalue weighted by atomic mass is 10.0. The summed E-state index contributed by atoms with van der Waals surface area (Å²) >= 11 is 0. The van der Waals surface area contributed by atoms with Gasteiger partial charge in [-0.1, -0.05) is 48.9 Å². The van der Waals surface area contributed by atoms with E-state index in [1.165, 1.54) is 36.2 Å². The quantitative estimate of drug-likeness (QED) is 0.679. The van der Waals surface area contributed by atoms with Gasteiger partial charge >= 0.3 is 0 Å². The molecule has 2 heterocycles. The van der Waals surface area contributed by atoms with Crippen LogP contribution in [-0.4, -0.2) is 43.6 Å². The highest BCUT2D eigenvalue weighted by molar-refractivity contribution is 5.91. The number of piperidine rings is 1. The first-order valence-electron chi connectivity index (χ1n) is 10.5. The molecule has 1 fully saturated rings. The number of para-hydroxylation sites is 1. The number of nitrogens with zero attached hydrogens (tertiary/aromatic N) is 5. The third kappa shape index (κ3) is 4.91. The van der Waals surface area contributed by atoms with Gasteiger partial charge in [-0.25, -0.2) is 0 Å². The number of carbonyl (C=O) groups excluding carboxylic acids is 1. The number of rotatable bonds is 6. The summed E-state index contributed by atoms with van der Waals surface area (Å²) in [5.41, 5.74) is 3.99. The van der Waals surface area contributed by atoms with Crippen LogP contribution in [0.4, 0.5) is 5.69 Å². The number of likely N-dealkylation sites (tertiary alicyclic amines) is 1. The highest BCUT2D eigenvalue weighted by Gasteiger charge is 2.18. The van der Waals surface area contributed by atoms with Crippen LogP contribution in [0.2, 0.25) is 0 Å². The molecule has 0 aliphatic carbocycles. The molecule has 4 rings (SSSR count).